The molecule has 0 bridgehead atoms. The summed E-state index contributed by atoms with van der Waals surface area (Å²) in [5.41, 5.74) is 1.88. The number of ether oxygens (including phenoxy) is 1. The monoisotopic (exact) mass is 289 g/mol. The molecule has 0 fully saturated rings. The smallest absolute Gasteiger partial charge is 0.146 e. The van der Waals surface area contributed by atoms with Crippen LogP contribution in [0.2, 0.25) is 0 Å². The minimum Gasteiger partial charge on any atom is -0.487 e. The van der Waals surface area contributed by atoms with Gasteiger partial charge in [0, 0.05) is 10.7 Å². The quantitative estimate of drug-likeness (QED) is 0.847. The van der Waals surface area contributed by atoms with Gasteiger partial charge in [0.2, 0.25) is 0 Å². The SMILES string of the molecule is C=Cc1ncc(Br)cc1OCc1ccccc1. The fraction of sp³-hybridized carbons (Fsp3) is 0.0714. The van der Waals surface area contributed by atoms with Crippen molar-refractivity contribution in [3.05, 3.63) is 64.9 Å². The molecule has 0 radical (unpaired) electrons. The summed E-state index contributed by atoms with van der Waals surface area (Å²) < 4.78 is 6.63. The van der Waals surface area contributed by atoms with Gasteiger partial charge < -0.3 is 4.74 Å². The molecule has 0 aliphatic carbocycles. The van der Waals surface area contributed by atoms with Crippen molar-refractivity contribution in [3.63, 3.8) is 0 Å². The summed E-state index contributed by atoms with van der Waals surface area (Å²) in [7, 11) is 0. The number of nitrogens with zero attached hydrogens (tertiary/aromatic N) is 1. The molecule has 1 aromatic carbocycles. The fourth-order valence-corrected chi connectivity index (χ4v) is 1.75. The second-order valence-electron chi connectivity index (χ2n) is 3.52. The Bertz CT molecular complexity index is 511. The summed E-state index contributed by atoms with van der Waals surface area (Å²) in [6.45, 7) is 4.25. The van der Waals surface area contributed by atoms with Crippen molar-refractivity contribution in [1.82, 2.24) is 4.98 Å². The third-order valence-corrected chi connectivity index (χ3v) is 2.71. The lowest BCUT2D eigenvalue weighted by Gasteiger charge is -2.08. The number of pyridine rings is 1. The molecule has 1 aromatic heterocycles. The summed E-state index contributed by atoms with van der Waals surface area (Å²) >= 11 is 3.37. The van der Waals surface area contributed by atoms with Crippen molar-refractivity contribution >= 4 is 22.0 Å². The van der Waals surface area contributed by atoms with E-state index in [1.807, 2.05) is 36.4 Å². The summed E-state index contributed by atoms with van der Waals surface area (Å²) in [6, 6.07) is 11.9. The Labute approximate surface area is 109 Å². The zero-order valence-corrected chi connectivity index (χ0v) is 10.9. The Kier molecular flexibility index (Phi) is 3.94. The summed E-state index contributed by atoms with van der Waals surface area (Å²) in [5.74, 6) is 0.734. The number of benzene rings is 1. The molecule has 0 aliphatic rings. The van der Waals surface area contributed by atoms with Crippen LogP contribution >= 0.6 is 15.9 Å². The largest absolute Gasteiger partial charge is 0.487 e. The Morgan fingerprint density at radius 3 is 2.76 bits per heavy atom. The third kappa shape index (κ3) is 3.17. The molecular weight excluding hydrogens is 278 g/mol. The van der Waals surface area contributed by atoms with Gasteiger partial charge in [-0.25, -0.2) is 0 Å². The molecule has 3 heteroatoms. The van der Waals surface area contributed by atoms with Crippen LogP contribution in [0.4, 0.5) is 0 Å². The van der Waals surface area contributed by atoms with E-state index in [9.17, 15) is 0 Å². The maximum atomic E-state index is 5.73. The molecule has 2 nitrogen and oxygen atoms in total. The lowest BCUT2D eigenvalue weighted by Crippen LogP contribution is -1.98. The Balaban J connectivity index is 2.13. The predicted molar refractivity (Wildman–Crippen MR) is 72.8 cm³/mol. The minimum absolute atomic E-state index is 0.528. The van der Waals surface area contributed by atoms with Crippen molar-refractivity contribution in [2.75, 3.05) is 0 Å². The average molecular weight is 290 g/mol. The van der Waals surface area contributed by atoms with Crippen molar-refractivity contribution in [2.24, 2.45) is 0 Å². The van der Waals surface area contributed by atoms with Gasteiger partial charge in [-0.2, -0.15) is 0 Å². The molecule has 0 amide bonds. The second kappa shape index (κ2) is 5.64. The van der Waals surface area contributed by atoms with E-state index in [-0.39, 0.29) is 0 Å². The topological polar surface area (TPSA) is 22.1 Å². The average Bonchev–Trinajstić information content (AvgIpc) is 2.38. The molecule has 0 atom stereocenters. The maximum absolute atomic E-state index is 5.73. The molecule has 0 aliphatic heterocycles. The van der Waals surface area contributed by atoms with Gasteiger partial charge in [-0.1, -0.05) is 36.9 Å². The lowest BCUT2D eigenvalue weighted by molar-refractivity contribution is 0.304. The Morgan fingerprint density at radius 1 is 1.29 bits per heavy atom. The maximum Gasteiger partial charge on any atom is 0.146 e. The molecule has 0 saturated heterocycles. The van der Waals surface area contributed by atoms with Gasteiger partial charge in [-0.15, -0.1) is 0 Å². The fourth-order valence-electron chi connectivity index (χ4n) is 1.44. The van der Waals surface area contributed by atoms with Crippen molar-refractivity contribution in [2.45, 2.75) is 6.61 Å². The highest BCUT2D eigenvalue weighted by Crippen LogP contribution is 2.23. The summed E-state index contributed by atoms with van der Waals surface area (Å²) in [5, 5.41) is 0. The van der Waals surface area contributed by atoms with Gasteiger partial charge in [-0.05, 0) is 33.6 Å². The molecule has 0 spiro atoms. The van der Waals surface area contributed by atoms with E-state index in [1.54, 1.807) is 12.3 Å². The van der Waals surface area contributed by atoms with E-state index in [4.69, 9.17) is 4.74 Å². The van der Waals surface area contributed by atoms with Gasteiger partial charge in [0.1, 0.15) is 18.1 Å². The number of hydrogen-bond donors (Lipinski definition) is 0. The molecule has 2 aromatic rings. The molecule has 0 saturated carbocycles. The van der Waals surface area contributed by atoms with Crippen LogP contribution in [0.3, 0.4) is 0 Å². The zero-order valence-electron chi connectivity index (χ0n) is 9.27. The van der Waals surface area contributed by atoms with Crippen LogP contribution in [0.5, 0.6) is 5.75 Å². The van der Waals surface area contributed by atoms with E-state index in [0.29, 0.717) is 6.61 Å². The van der Waals surface area contributed by atoms with Crippen molar-refractivity contribution in [1.29, 1.82) is 0 Å². The Morgan fingerprint density at radius 2 is 2.06 bits per heavy atom. The van der Waals surface area contributed by atoms with Gasteiger partial charge >= 0.3 is 0 Å². The van der Waals surface area contributed by atoms with Crippen LogP contribution in [0.1, 0.15) is 11.3 Å². The highest BCUT2D eigenvalue weighted by Gasteiger charge is 2.03. The number of rotatable bonds is 4. The lowest BCUT2D eigenvalue weighted by atomic mass is 10.2. The first-order valence-electron chi connectivity index (χ1n) is 5.24. The minimum atomic E-state index is 0.528. The first-order valence-corrected chi connectivity index (χ1v) is 6.03. The van der Waals surface area contributed by atoms with E-state index < -0.39 is 0 Å². The van der Waals surface area contributed by atoms with Gasteiger partial charge in [-0.3, -0.25) is 4.98 Å². The van der Waals surface area contributed by atoms with Gasteiger partial charge in [0.25, 0.3) is 0 Å². The first-order chi connectivity index (χ1) is 8.29. The molecule has 17 heavy (non-hydrogen) atoms. The van der Waals surface area contributed by atoms with Crippen LogP contribution in [-0.4, -0.2) is 4.98 Å². The first kappa shape index (κ1) is 11.9. The Hall–Kier alpha value is -1.61. The highest BCUT2D eigenvalue weighted by atomic mass is 79.9. The van der Waals surface area contributed by atoms with Crippen molar-refractivity contribution < 1.29 is 4.74 Å². The van der Waals surface area contributed by atoms with E-state index in [1.165, 1.54) is 0 Å². The molecule has 1 heterocycles. The molecular formula is C14H12BrNO. The normalized spacial score (nSPS) is 9.94. The zero-order chi connectivity index (χ0) is 12.1. The third-order valence-electron chi connectivity index (χ3n) is 2.28. The van der Waals surface area contributed by atoms with Crippen LogP contribution in [-0.2, 0) is 6.61 Å². The van der Waals surface area contributed by atoms with Crippen LogP contribution in [0.15, 0.2) is 53.6 Å². The van der Waals surface area contributed by atoms with Gasteiger partial charge in [0.15, 0.2) is 0 Å². The summed E-state index contributed by atoms with van der Waals surface area (Å²) in [4.78, 5) is 4.22. The van der Waals surface area contributed by atoms with E-state index in [2.05, 4.69) is 27.5 Å². The summed E-state index contributed by atoms with van der Waals surface area (Å²) in [6.07, 6.45) is 3.42. The molecule has 0 unspecified atom stereocenters. The van der Waals surface area contributed by atoms with Gasteiger partial charge in [0.05, 0.1) is 0 Å². The van der Waals surface area contributed by atoms with Crippen LogP contribution in [0, 0.1) is 0 Å². The number of hydrogen-bond acceptors (Lipinski definition) is 2. The highest BCUT2D eigenvalue weighted by molar-refractivity contribution is 9.10. The standard InChI is InChI=1S/C14H12BrNO/c1-2-13-14(8-12(15)9-16-13)17-10-11-6-4-3-5-7-11/h2-9H,1,10H2. The molecule has 86 valence electrons. The van der Waals surface area contributed by atoms with Crippen LogP contribution in [0.25, 0.3) is 6.08 Å². The second-order valence-corrected chi connectivity index (χ2v) is 4.43. The van der Waals surface area contributed by atoms with E-state index >= 15 is 0 Å². The number of aromatic nitrogens is 1. The van der Waals surface area contributed by atoms with E-state index in [0.717, 1.165) is 21.5 Å². The molecule has 0 N–H and O–H groups in total. The number of halogens is 1. The predicted octanol–water partition coefficient (Wildman–Crippen LogP) is 4.07. The van der Waals surface area contributed by atoms with Crippen LogP contribution < -0.4 is 4.74 Å². The van der Waals surface area contributed by atoms with Crippen molar-refractivity contribution in [3.8, 4) is 5.75 Å². The molecule has 2 rings (SSSR count).